The predicted molar refractivity (Wildman–Crippen MR) is 195 cm³/mol. The third-order valence-electron chi connectivity index (χ3n) is 7.72. The Morgan fingerprint density at radius 3 is 1.77 bits per heavy atom. The number of hydrogen-bond acceptors (Lipinski definition) is 8. The van der Waals surface area contributed by atoms with Crippen molar-refractivity contribution >= 4 is 63.0 Å². The highest BCUT2D eigenvalue weighted by Crippen LogP contribution is 2.27. The van der Waals surface area contributed by atoms with E-state index in [0.717, 1.165) is 89.9 Å². The second-order valence-electron chi connectivity index (χ2n) is 12.1. The number of anilines is 2. The second kappa shape index (κ2) is 17.8. The van der Waals surface area contributed by atoms with E-state index >= 15 is 0 Å². The van der Waals surface area contributed by atoms with E-state index < -0.39 is 0 Å². The summed E-state index contributed by atoms with van der Waals surface area (Å²) in [5.41, 5.74) is 3.62. The van der Waals surface area contributed by atoms with Crippen LogP contribution in [-0.2, 0) is 28.2 Å². The molecule has 4 rings (SSSR count). The van der Waals surface area contributed by atoms with Crippen LogP contribution in [-0.4, -0.2) is 89.8 Å². The molecule has 14 heteroatoms. The zero-order chi connectivity index (χ0) is 33.6. The number of rotatable bonds is 19. The molecule has 0 amide bonds. The smallest absolute Gasteiger partial charge is 0.378 e. The Hall–Kier alpha value is -4.01. The van der Waals surface area contributed by atoms with Crippen LogP contribution in [0.1, 0.15) is 0 Å². The SMILES string of the molecule is C=[N+](CCNc1ccccc1/N=N/c1n(C)cc[n+]1C)CCSSCC[N+](C)(C)CCNc1ccccc1/N=N/c1n(C)cc[n+]1C. The molecule has 0 aliphatic rings. The van der Waals surface area contributed by atoms with Crippen molar-refractivity contribution in [3.05, 3.63) is 73.3 Å². The van der Waals surface area contributed by atoms with Gasteiger partial charge in [-0.25, -0.2) is 22.8 Å². The fourth-order valence-corrected chi connectivity index (χ4v) is 6.99. The van der Waals surface area contributed by atoms with Crippen molar-refractivity contribution in [1.29, 1.82) is 0 Å². The molecular weight excluding hydrogens is 629 g/mol. The zero-order valence-corrected chi connectivity index (χ0v) is 30.2. The molecule has 12 nitrogen and oxygen atoms in total. The van der Waals surface area contributed by atoms with Crippen LogP contribution in [0, 0.1) is 0 Å². The fraction of sp³-hybridized carbons (Fsp3) is 0.424. The first-order valence-electron chi connectivity index (χ1n) is 15.8. The van der Waals surface area contributed by atoms with E-state index in [1.807, 2.05) is 135 Å². The lowest BCUT2D eigenvalue weighted by atomic mass is 10.2. The molecule has 0 bridgehead atoms. The number of quaternary nitrogens is 1. The van der Waals surface area contributed by atoms with Crippen LogP contribution < -0.4 is 19.8 Å². The van der Waals surface area contributed by atoms with Crippen molar-refractivity contribution in [3.63, 3.8) is 0 Å². The van der Waals surface area contributed by atoms with Gasteiger partial charge in [-0.2, -0.15) is 0 Å². The minimum atomic E-state index is 0.782. The quantitative estimate of drug-likeness (QED) is 0.0340. The molecule has 2 N–H and O–H groups in total. The highest BCUT2D eigenvalue weighted by Gasteiger charge is 2.16. The number of imidazole rings is 2. The summed E-state index contributed by atoms with van der Waals surface area (Å²) in [6.07, 6.45) is 7.85. The van der Waals surface area contributed by atoms with E-state index in [1.54, 1.807) is 0 Å². The highest BCUT2D eigenvalue weighted by atomic mass is 33.1. The number of likely N-dealkylation sites (N-methyl/N-ethyl adjacent to an activating group) is 1. The van der Waals surface area contributed by atoms with Gasteiger partial charge in [-0.05, 0) is 24.3 Å². The highest BCUT2D eigenvalue weighted by molar-refractivity contribution is 8.76. The summed E-state index contributed by atoms with van der Waals surface area (Å²) in [6, 6.07) is 16.1. The monoisotopic (exact) mass is 678 g/mol. The van der Waals surface area contributed by atoms with Crippen molar-refractivity contribution in [2.24, 2.45) is 48.6 Å². The number of para-hydroxylation sites is 2. The number of azo groups is 2. The third kappa shape index (κ3) is 11.3. The van der Waals surface area contributed by atoms with Crippen molar-refractivity contribution in [1.82, 2.24) is 9.13 Å². The summed E-state index contributed by atoms with van der Waals surface area (Å²) < 4.78 is 10.9. The zero-order valence-electron chi connectivity index (χ0n) is 28.6. The Kier molecular flexibility index (Phi) is 13.6. The molecule has 250 valence electrons. The molecule has 0 radical (unpaired) electrons. The molecule has 47 heavy (non-hydrogen) atoms. The minimum absolute atomic E-state index is 0.782. The number of nitrogens with one attached hydrogen (secondary N) is 2. The number of hydrogen-bond donors (Lipinski definition) is 2. The van der Waals surface area contributed by atoms with E-state index in [0.29, 0.717) is 0 Å². The number of aromatic nitrogens is 4. The van der Waals surface area contributed by atoms with Gasteiger partial charge in [0.2, 0.25) is 0 Å². The third-order valence-corrected chi connectivity index (χ3v) is 10.1. The molecule has 0 saturated heterocycles. The van der Waals surface area contributed by atoms with Gasteiger partial charge in [-0.3, -0.25) is 0 Å². The molecule has 0 unspecified atom stereocenters. The maximum Gasteiger partial charge on any atom is 0.421 e. The largest absolute Gasteiger partial charge is 0.421 e. The summed E-state index contributed by atoms with van der Waals surface area (Å²) in [5.74, 6) is 3.71. The first-order chi connectivity index (χ1) is 22.6. The van der Waals surface area contributed by atoms with Crippen LogP contribution in [0.4, 0.5) is 34.6 Å². The molecule has 2 aromatic heterocycles. The van der Waals surface area contributed by atoms with Gasteiger partial charge >= 0.3 is 11.9 Å². The van der Waals surface area contributed by atoms with Crippen molar-refractivity contribution in [2.75, 3.05) is 75.5 Å². The molecule has 4 aromatic rings. The van der Waals surface area contributed by atoms with E-state index in [-0.39, 0.29) is 0 Å². The van der Waals surface area contributed by atoms with Crippen LogP contribution in [0.25, 0.3) is 0 Å². The lowest BCUT2D eigenvalue weighted by Crippen LogP contribution is -2.44. The molecule has 2 aromatic carbocycles. The van der Waals surface area contributed by atoms with Crippen LogP contribution >= 0.6 is 21.6 Å². The van der Waals surface area contributed by atoms with E-state index in [9.17, 15) is 0 Å². The van der Waals surface area contributed by atoms with Crippen LogP contribution in [0.5, 0.6) is 0 Å². The molecule has 0 aliphatic heterocycles. The molecule has 0 atom stereocenters. The Labute approximate surface area is 286 Å². The topological polar surface area (TPSA) is 94.1 Å². The van der Waals surface area contributed by atoms with E-state index in [2.05, 4.69) is 62.5 Å². The maximum absolute atomic E-state index is 4.52. The average molecular weight is 679 g/mol. The molecule has 0 spiro atoms. The molecule has 2 heterocycles. The Morgan fingerprint density at radius 2 is 1.23 bits per heavy atom. The first kappa shape index (κ1) is 35.8. The Balaban J connectivity index is 1.09. The minimum Gasteiger partial charge on any atom is -0.378 e. The second-order valence-corrected chi connectivity index (χ2v) is 14.8. The summed E-state index contributed by atoms with van der Waals surface area (Å²) in [6.45, 7) is 9.77. The molecule has 0 aliphatic carbocycles. The fourth-order valence-electron chi connectivity index (χ4n) is 4.70. The van der Waals surface area contributed by atoms with Crippen molar-refractivity contribution < 1.29 is 18.2 Å². The van der Waals surface area contributed by atoms with Gasteiger partial charge in [0.25, 0.3) is 0 Å². The van der Waals surface area contributed by atoms with Gasteiger partial charge in [0, 0.05) is 10.2 Å². The van der Waals surface area contributed by atoms with E-state index in [1.165, 1.54) is 0 Å². The van der Waals surface area contributed by atoms with Crippen molar-refractivity contribution in [3.8, 4) is 0 Å². The summed E-state index contributed by atoms with van der Waals surface area (Å²) in [4.78, 5) is 0. The lowest BCUT2D eigenvalue weighted by Gasteiger charge is -2.29. The average Bonchev–Trinajstić information content (AvgIpc) is 3.55. The maximum atomic E-state index is 4.52. The normalized spacial score (nSPS) is 12.0. The van der Waals surface area contributed by atoms with E-state index in [4.69, 9.17) is 0 Å². The Bertz CT molecular complexity index is 1620. The molecule has 0 saturated carbocycles. The van der Waals surface area contributed by atoms with Gasteiger partial charge in [0.15, 0.2) is 13.1 Å². The number of benzene rings is 2. The lowest BCUT2D eigenvalue weighted by molar-refractivity contribution is -0.886. The van der Waals surface area contributed by atoms with Crippen LogP contribution in [0.2, 0.25) is 0 Å². The predicted octanol–water partition coefficient (Wildman–Crippen LogP) is 5.54. The Morgan fingerprint density at radius 1 is 0.723 bits per heavy atom. The van der Waals surface area contributed by atoms with Gasteiger partial charge in [0.05, 0.1) is 116 Å². The van der Waals surface area contributed by atoms with Gasteiger partial charge in [-0.1, -0.05) is 56.1 Å². The van der Waals surface area contributed by atoms with Crippen LogP contribution in [0.15, 0.2) is 93.8 Å². The molecular formula is C33H50N12S2+4. The standard InChI is InChI=1S/C33H48N12S2/c1-40(18-16-34-28-12-8-10-14-30(28)36-38-32-41(2)19-20-42(32)3)23-26-46-47-27-25-45(6,7)24-17-35-29-13-9-11-15-31(29)37-39-33-43(4)21-22-44(33)5/h8-15,19-22H,1,16-18,23-27H2,2-7H3/q+2/p+2. The van der Waals surface area contributed by atoms with Gasteiger partial charge < -0.3 is 15.1 Å². The van der Waals surface area contributed by atoms with Crippen molar-refractivity contribution in [2.45, 2.75) is 0 Å². The summed E-state index contributed by atoms with van der Waals surface area (Å²) >= 11 is 0. The van der Waals surface area contributed by atoms with Crippen LogP contribution in [0.3, 0.4) is 0 Å². The van der Waals surface area contributed by atoms with Gasteiger partial charge in [-0.15, -0.1) is 0 Å². The summed E-state index contributed by atoms with van der Waals surface area (Å²) in [5, 5.41) is 25.0. The first-order valence-corrected chi connectivity index (χ1v) is 18.2. The molecule has 0 fully saturated rings. The van der Waals surface area contributed by atoms with Gasteiger partial charge in [0.1, 0.15) is 18.1 Å². The summed E-state index contributed by atoms with van der Waals surface area (Å²) in [7, 11) is 16.3. The number of nitrogens with zero attached hydrogens (tertiary/aromatic N) is 10. The number of aryl methyl sites for hydroxylation is 4.